The first-order chi connectivity index (χ1) is 15.3. The van der Waals surface area contributed by atoms with Crippen molar-refractivity contribution in [1.82, 2.24) is 9.55 Å². The Balaban J connectivity index is 2.06. The molecule has 4 aromatic rings. The van der Waals surface area contributed by atoms with Gasteiger partial charge in [-0.1, -0.05) is 48.5 Å². The molecular formula is C26H26N2O3S. The lowest BCUT2D eigenvalue weighted by Crippen LogP contribution is -2.45. The van der Waals surface area contributed by atoms with Crippen molar-refractivity contribution in [3.63, 3.8) is 0 Å². The van der Waals surface area contributed by atoms with E-state index in [0.717, 1.165) is 22.3 Å². The number of ether oxygens (including phenoxy) is 1. The molecule has 0 bridgehead atoms. The predicted molar refractivity (Wildman–Crippen MR) is 130 cm³/mol. The molecule has 0 fully saturated rings. The maximum atomic E-state index is 14.0. The summed E-state index contributed by atoms with van der Waals surface area (Å²) in [4.78, 5) is 32.4. The number of carbonyl (C=O) groups excluding carboxylic acids is 1. The number of hydrogen-bond acceptors (Lipinski definition) is 5. The van der Waals surface area contributed by atoms with E-state index in [1.54, 1.807) is 20.8 Å². The van der Waals surface area contributed by atoms with Crippen LogP contribution in [0.25, 0.3) is 32.7 Å². The van der Waals surface area contributed by atoms with E-state index in [2.05, 4.69) is 26.0 Å². The third-order valence-corrected chi connectivity index (χ3v) is 6.66. The molecule has 32 heavy (non-hydrogen) atoms. The summed E-state index contributed by atoms with van der Waals surface area (Å²) in [6.07, 6.45) is 0. The Kier molecular flexibility index (Phi) is 5.73. The highest BCUT2D eigenvalue weighted by atomic mass is 32.1. The molecule has 0 unspecified atom stereocenters. The Labute approximate surface area is 191 Å². The Bertz CT molecular complexity index is 1370. The zero-order valence-corrected chi connectivity index (χ0v) is 19.7. The Hall–Kier alpha value is -3.25. The van der Waals surface area contributed by atoms with Crippen molar-refractivity contribution < 1.29 is 9.53 Å². The van der Waals surface area contributed by atoms with Gasteiger partial charge in [0.15, 0.2) is 0 Å². The zero-order valence-electron chi connectivity index (χ0n) is 18.9. The highest BCUT2D eigenvalue weighted by Crippen LogP contribution is 2.34. The molecule has 2 aromatic heterocycles. The monoisotopic (exact) mass is 446 g/mol. The number of carbonyl (C=O) groups is 1. The molecule has 0 aliphatic rings. The lowest BCUT2D eigenvalue weighted by molar-refractivity contribution is -0.152. The van der Waals surface area contributed by atoms with Gasteiger partial charge in [0.1, 0.15) is 16.2 Å². The summed E-state index contributed by atoms with van der Waals surface area (Å²) < 4.78 is 6.81. The van der Waals surface area contributed by atoms with Crippen molar-refractivity contribution >= 4 is 27.5 Å². The molecule has 0 radical (unpaired) electrons. The summed E-state index contributed by atoms with van der Waals surface area (Å²) in [6, 6.07) is 15.6. The molecule has 0 aliphatic heterocycles. The summed E-state index contributed by atoms with van der Waals surface area (Å²) >= 11 is 1.44. The minimum absolute atomic E-state index is 0.236. The van der Waals surface area contributed by atoms with E-state index in [-0.39, 0.29) is 12.2 Å². The molecule has 4 rings (SSSR count). The number of fused-ring (bicyclic) bond motifs is 1. The van der Waals surface area contributed by atoms with Crippen LogP contribution in [0.5, 0.6) is 0 Å². The molecule has 6 heteroatoms. The standard InChI is InChI=1S/C26H26N2O3S/c1-6-31-25(30)26(4,5)28-22(18-10-8-7-9-11-18)27-23-21(24(28)29)20(15-32-23)19-13-12-16(2)17(3)14-19/h7-15H,6H2,1-5H3. The number of aryl methyl sites for hydroxylation is 2. The summed E-state index contributed by atoms with van der Waals surface area (Å²) in [7, 11) is 0. The fraction of sp³-hybridized carbons (Fsp3) is 0.269. The van der Waals surface area contributed by atoms with Gasteiger partial charge in [-0.25, -0.2) is 9.78 Å². The van der Waals surface area contributed by atoms with Crippen LogP contribution < -0.4 is 5.56 Å². The molecule has 0 spiro atoms. The normalized spacial score (nSPS) is 11.7. The van der Waals surface area contributed by atoms with Gasteiger partial charge < -0.3 is 4.74 Å². The van der Waals surface area contributed by atoms with Gasteiger partial charge in [-0.05, 0) is 51.3 Å². The molecular weight excluding hydrogens is 420 g/mol. The second kappa shape index (κ2) is 8.36. The highest BCUT2D eigenvalue weighted by molar-refractivity contribution is 7.17. The van der Waals surface area contributed by atoms with Gasteiger partial charge in [-0.2, -0.15) is 0 Å². The fourth-order valence-corrected chi connectivity index (χ4v) is 4.75. The van der Waals surface area contributed by atoms with Crippen LogP contribution in [0.2, 0.25) is 0 Å². The number of rotatable bonds is 5. The maximum Gasteiger partial charge on any atom is 0.331 e. The predicted octanol–water partition coefficient (Wildman–Crippen LogP) is 5.71. The molecule has 0 saturated heterocycles. The highest BCUT2D eigenvalue weighted by Gasteiger charge is 2.36. The first-order valence-corrected chi connectivity index (χ1v) is 11.5. The van der Waals surface area contributed by atoms with Gasteiger partial charge in [0.25, 0.3) is 5.56 Å². The minimum Gasteiger partial charge on any atom is -0.464 e. The number of hydrogen-bond donors (Lipinski definition) is 0. The van der Waals surface area contributed by atoms with Crippen molar-refractivity contribution in [3.05, 3.63) is 75.4 Å². The largest absolute Gasteiger partial charge is 0.464 e. The van der Waals surface area contributed by atoms with Crippen LogP contribution >= 0.6 is 11.3 Å². The first-order valence-electron chi connectivity index (χ1n) is 10.6. The van der Waals surface area contributed by atoms with Crippen molar-refractivity contribution in [2.75, 3.05) is 6.61 Å². The lowest BCUT2D eigenvalue weighted by Gasteiger charge is -2.27. The van der Waals surface area contributed by atoms with Crippen LogP contribution in [0.4, 0.5) is 0 Å². The van der Waals surface area contributed by atoms with E-state index in [1.807, 2.05) is 41.8 Å². The second-order valence-corrected chi connectivity index (χ2v) is 9.21. The third kappa shape index (κ3) is 3.65. The molecule has 2 aromatic carbocycles. The quantitative estimate of drug-likeness (QED) is 0.369. The van der Waals surface area contributed by atoms with Gasteiger partial charge in [-0.15, -0.1) is 11.3 Å². The van der Waals surface area contributed by atoms with Gasteiger partial charge in [0, 0.05) is 16.5 Å². The molecule has 0 N–H and O–H groups in total. The minimum atomic E-state index is -1.23. The molecule has 2 heterocycles. The van der Waals surface area contributed by atoms with E-state index in [0.29, 0.717) is 16.0 Å². The summed E-state index contributed by atoms with van der Waals surface area (Å²) in [6.45, 7) is 9.52. The topological polar surface area (TPSA) is 61.2 Å². The number of esters is 1. The Morgan fingerprint density at radius 2 is 1.78 bits per heavy atom. The van der Waals surface area contributed by atoms with E-state index < -0.39 is 11.5 Å². The van der Waals surface area contributed by atoms with Gasteiger partial charge in [0.05, 0.1) is 12.0 Å². The molecule has 164 valence electrons. The van der Waals surface area contributed by atoms with Gasteiger partial charge in [0.2, 0.25) is 0 Å². The molecule has 5 nitrogen and oxygen atoms in total. The lowest BCUT2D eigenvalue weighted by atomic mass is 10.00. The third-order valence-electron chi connectivity index (χ3n) is 5.79. The number of benzene rings is 2. The molecule has 0 aliphatic carbocycles. The number of aromatic nitrogens is 2. The average Bonchev–Trinajstić information content (AvgIpc) is 3.20. The van der Waals surface area contributed by atoms with Crippen LogP contribution in [0.3, 0.4) is 0 Å². The molecule has 0 amide bonds. The van der Waals surface area contributed by atoms with Crippen LogP contribution in [-0.4, -0.2) is 22.1 Å². The average molecular weight is 447 g/mol. The number of nitrogens with zero attached hydrogens (tertiary/aromatic N) is 2. The van der Waals surface area contributed by atoms with Gasteiger partial charge >= 0.3 is 5.97 Å². The first kappa shape index (κ1) is 22.0. The van der Waals surface area contributed by atoms with Crippen LogP contribution in [0, 0.1) is 13.8 Å². The molecule has 0 saturated carbocycles. The van der Waals surface area contributed by atoms with E-state index in [1.165, 1.54) is 21.5 Å². The summed E-state index contributed by atoms with van der Waals surface area (Å²) in [5, 5.41) is 2.50. The van der Waals surface area contributed by atoms with Crippen LogP contribution in [-0.2, 0) is 15.1 Å². The zero-order chi connectivity index (χ0) is 23.0. The van der Waals surface area contributed by atoms with Crippen molar-refractivity contribution in [2.24, 2.45) is 0 Å². The van der Waals surface area contributed by atoms with Crippen LogP contribution in [0.15, 0.2) is 58.7 Å². The Morgan fingerprint density at radius 1 is 1.06 bits per heavy atom. The summed E-state index contributed by atoms with van der Waals surface area (Å²) in [5.74, 6) is -0.0157. The SMILES string of the molecule is CCOC(=O)C(C)(C)n1c(-c2ccccc2)nc2scc(-c3ccc(C)c(C)c3)c2c1=O. The van der Waals surface area contributed by atoms with E-state index in [4.69, 9.17) is 9.72 Å². The number of thiophene rings is 1. The van der Waals surface area contributed by atoms with E-state index in [9.17, 15) is 9.59 Å². The van der Waals surface area contributed by atoms with Crippen molar-refractivity contribution in [3.8, 4) is 22.5 Å². The van der Waals surface area contributed by atoms with Gasteiger partial charge in [-0.3, -0.25) is 9.36 Å². The fourth-order valence-electron chi connectivity index (χ4n) is 3.81. The van der Waals surface area contributed by atoms with Crippen molar-refractivity contribution in [2.45, 2.75) is 40.2 Å². The van der Waals surface area contributed by atoms with E-state index >= 15 is 0 Å². The Morgan fingerprint density at radius 3 is 2.44 bits per heavy atom. The second-order valence-electron chi connectivity index (χ2n) is 8.35. The maximum absolute atomic E-state index is 14.0. The summed E-state index contributed by atoms with van der Waals surface area (Å²) in [5.41, 5.74) is 3.43. The smallest absolute Gasteiger partial charge is 0.331 e. The van der Waals surface area contributed by atoms with Crippen molar-refractivity contribution in [1.29, 1.82) is 0 Å². The van der Waals surface area contributed by atoms with Crippen LogP contribution in [0.1, 0.15) is 31.9 Å². The molecule has 0 atom stereocenters.